The standard InChI is InChI=1S/C22H22N6O3/c1-14-4-2-3-5-17(14)28-24-13-20(26-28)25-21(29)15-6-8-16(9-7-15)27-18-10-11-23-12-19(18)31-22(27)30/h2-5,10-13,15-16H,6-9H2,1H3,(H,25,26,29). The summed E-state index contributed by atoms with van der Waals surface area (Å²) >= 11 is 0. The topological polar surface area (TPSA) is 108 Å². The monoisotopic (exact) mass is 418 g/mol. The Labute approximate surface area is 177 Å². The number of aryl methyl sites for hydroxylation is 1. The normalized spacial score (nSPS) is 18.9. The van der Waals surface area contributed by atoms with Gasteiger partial charge in [-0.25, -0.2) is 4.79 Å². The van der Waals surface area contributed by atoms with E-state index in [4.69, 9.17) is 4.42 Å². The van der Waals surface area contributed by atoms with Crippen molar-refractivity contribution in [3.05, 3.63) is 65.0 Å². The summed E-state index contributed by atoms with van der Waals surface area (Å²) in [5, 5.41) is 11.5. The van der Waals surface area contributed by atoms with Crippen LogP contribution in [0.1, 0.15) is 37.3 Å². The first-order chi connectivity index (χ1) is 15.1. The van der Waals surface area contributed by atoms with Gasteiger partial charge in [0.1, 0.15) is 0 Å². The molecule has 0 atom stereocenters. The van der Waals surface area contributed by atoms with E-state index in [0.29, 0.717) is 24.2 Å². The van der Waals surface area contributed by atoms with Crippen molar-refractivity contribution in [1.29, 1.82) is 0 Å². The van der Waals surface area contributed by atoms with Crippen molar-refractivity contribution in [2.24, 2.45) is 5.92 Å². The van der Waals surface area contributed by atoms with Crippen LogP contribution in [0.2, 0.25) is 0 Å². The van der Waals surface area contributed by atoms with Gasteiger partial charge in [0, 0.05) is 18.2 Å². The minimum Gasteiger partial charge on any atom is -0.406 e. The lowest BCUT2D eigenvalue weighted by Crippen LogP contribution is -2.30. The van der Waals surface area contributed by atoms with E-state index in [2.05, 4.69) is 20.5 Å². The van der Waals surface area contributed by atoms with Crippen molar-refractivity contribution in [1.82, 2.24) is 24.5 Å². The third-order valence-corrected chi connectivity index (χ3v) is 5.92. The largest absolute Gasteiger partial charge is 0.420 e. The Kier molecular flexibility index (Phi) is 4.85. The zero-order chi connectivity index (χ0) is 21.4. The van der Waals surface area contributed by atoms with Crippen LogP contribution in [0.25, 0.3) is 16.8 Å². The molecule has 1 fully saturated rings. The first-order valence-electron chi connectivity index (χ1n) is 10.3. The molecule has 0 radical (unpaired) electrons. The van der Waals surface area contributed by atoms with Crippen molar-refractivity contribution < 1.29 is 9.21 Å². The fraction of sp³-hybridized carbons (Fsp3) is 0.318. The van der Waals surface area contributed by atoms with Crippen LogP contribution >= 0.6 is 0 Å². The number of rotatable bonds is 4. The second-order valence-corrected chi connectivity index (χ2v) is 7.88. The zero-order valence-corrected chi connectivity index (χ0v) is 17.1. The number of fused-ring (bicyclic) bond motifs is 1. The lowest BCUT2D eigenvalue weighted by Gasteiger charge is -2.27. The number of benzene rings is 1. The van der Waals surface area contributed by atoms with E-state index >= 15 is 0 Å². The quantitative estimate of drug-likeness (QED) is 0.545. The molecular formula is C22H22N6O3. The summed E-state index contributed by atoms with van der Waals surface area (Å²) in [7, 11) is 0. The molecule has 1 aromatic carbocycles. The molecule has 0 aliphatic heterocycles. The number of aromatic nitrogens is 5. The van der Waals surface area contributed by atoms with Crippen LogP contribution in [0.3, 0.4) is 0 Å². The average molecular weight is 418 g/mol. The van der Waals surface area contributed by atoms with Gasteiger partial charge in [0.05, 0.1) is 23.6 Å². The highest BCUT2D eigenvalue weighted by Crippen LogP contribution is 2.33. The fourth-order valence-electron chi connectivity index (χ4n) is 4.29. The summed E-state index contributed by atoms with van der Waals surface area (Å²) in [6, 6.07) is 9.60. The third-order valence-electron chi connectivity index (χ3n) is 5.92. The number of carbonyl (C=O) groups is 1. The molecule has 0 bridgehead atoms. The summed E-state index contributed by atoms with van der Waals surface area (Å²) in [4.78, 5) is 30.6. The number of para-hydroxylation sites is 1. The molecule has 1 saturated carbocycles. The van der Waals surface area contributed by atoms with Crippen molar-refractivity contribution in [2.45, 2.75) is 38.6 Å². The van der Waals surface area contributed by atoms with E-state index in [0.717, 1.165) is 29.6 Å². The smallest absolute Gasteiger partial charge is 0.406 e. The molecule has 1 aliphatic rings. The van der Waals surface area contributed by atoms with Crippen molar-refractivity contribution in [2.75, 3.05) is 5.32 Å². The minimum absolute atomic E-state index is 0.0159. The zero-order valence-electron chi connectivity index (χ0n) is 17.1. The maximum Gasteiger partial charge on any atom is 0.420 e. The van der Waals surface area contributed by atoms with Gasteiger partial charge in [-0.15, -0.1) is 9.90 Å². The summed E-state index contributed by atoms with van der Waals surface area (Å²) in [6.07, 6.45) is 7.59. The Morgan fingerprint density at radius 2 is 1.94 bits per heavy atom. The number of anilines is 1. The van der Waals surface area contributed by atoms with E-state index in [-0.39, 0.29) is 23.6 Å². The van der Waals surface area contributed by atoms with Gasteiger partial charge in [-0.2, -0.15) is 5.10 Å². The van der Waals surface area contributed by atoms with E-state index in [1.165, 1.54) is 4.80 Å². The fourth-order valence-corrected chi connectivity index (χ4v) is 4.29. The first kappa shape index (κ1) is 19.2. The molecule has 3 heterocycles. The molecule has 0 saturated heterocycles. The van der Waals surface area contributed by atoms with Crippen LogP contribution in [0.5, 0.6) is 0 Å². The molecule has 5 rings (SSSR count). The molecule has 1 N–H and O–H groups in total. The van der Waals surface area contributed by atoms with Gasteiger partial charge in [0.2, 0.25) is 5.91 Å². The van der Waals surface area contributed by atoms with Crippen molar-refractivity contribution in [3.63, 3.8) is 0 Å². The Balaban J connectivity index is 1.24. The number of amides is 1. The van der Waals surface area contributed by atoms with E-state index in [1.807, 2.05) is 31.2 Å². The second kappa shape index (κ2) is 7.82. The molecule has 9 heteroatoms. The molecule has 158 valence electrons. The van der Waals surface area contributed by atoms with Crippen LogP contribution in [-0.2, 0) is 4.79 Å². The van der Waals surface area contributed by atoms with Gasteiger partial charge in [-0.05, 0) is 50.3 Å². The van der Waals surface area contributed by atoms with Gasteiger partial charge < -0.3 is 9.73 Å². The highest BCUT2D eigenvalue weighted by molar-refractivity contribution is 5.91. The maximum atomic E-state index is 12.8. The average Bonchev–Trinajstić information content (AvgIpc) is 3.37. The van der Waals surface area contributed by atoms with Gasteiger partial charge in [-0.3, -0.25) is 14.3 Å². The molecule has 0 spiro atoms. The van der Waals surface area contributed by atoms with Gasteiger partial charge in [0.15, 0.2) is 11.4 Å². The molecule has 1 amide bonds. The number of hydrogen-bond donors (Lipinski definition) is 1. The van der Waals surface area contributed by atoms with E-state index in [9.17, 15) is 9.59 Å². The van der Waals surface area contributed by atoms with Gasteiger partial charge >= 0.3 is 5.76 Å². The number of pyridine rings is 1. The van der Waals surface area contributed by atoms with Crippen LogP contribution in [0, 0.1) is 12.8 Å². The van der Waals surface area contributed by atoms with Crippen LogP contribution in [0.4, 0.5) is 5.82 Å². The summed E-state index contributed by atoms with van der Waals surface area (Å²) in [6.45, 7) is 1.99. The highest BCUT2D eigenvalue weighted by Gasteiger charge is 2.29. The second-order valence-electron chi connectivity index (χ2n) is 7.88. The number of oxazole rings is 1. The van der Waals surface area contributed by atoms with Crippen LogP contribution < -0.4 is 11.1 Å². The number of hydrogen-bond acceptors (Lipinski definition) is 6. The molecule has 4 aromatic rings. The summed E-state index contributed by atoms with van der Waals surface area (Å²) in [5.41, 5.74) is 3.16. The van der Waals surface area contributed by atoms with Crippen molar-refractivity contribution >= 4 is 22.8 Å². The van der Waals surface area contributed by atoms with Crippen molar-refractivity contribution in [3.8, 4) is 5.69 Å². The number of nitrogens with zero attached hydrogens (tertiary/aromatic N) is 5. The molecule has 3 aromatic heterocycles. The first-order valence-corrected chi connectivity index (χ1v) is 10.3. The van der Waals surface area contributed by atoms with Crippen LogP contribution in [-0.4, -0.2) is 30.5 Å². The highest BCUT2D eigenvalue weighted by atomic mass is 16.4. The van der Waals surface area contributed by atoms with Gasteiger partial charge in [0.25, 0.3) is 0 Å². The lowest BCUT2D eigenvalue weighted by molar-refractivity contribution is -0.121. The Morgan fingerprint density at radius 1 is 1.13 bits per heavy atom. The van der Waals surface area contributed by atoms with Crippen LogP contribution in [0.15, 0.2) is 58.1 Å². The van der Waals surface area contributed by atoms with Gasteiger partial charge in [-0.1, -0.05) is 18.2 Å². The van der Waals surface area contributed by atoms with E-state index in [1.54, 1.807) is 29.2 Å². The molecule has 9 nitrogen and oxygen atoms in total. The van der Waals surface area contributed by atoms with E-state index < -0.39 is 0 Å². The molecule has 31 heavy (non-hydrogen) atoms. The summed E-state index contributed by atoms with van der Waals surface area (Å²) in [5.74, 6) is -0.136. The lowest BCUT2D eigenvalue weighted by atomic mass is 9.85. The predicted molar refractivity (Wildman–Crippen MR) is 114 cm³/mol. The maximum absolute atomic E-state index is 12.8. The Morgan fingerprint density at radius 3 is 2.74 bits per heavy atom. The minimum atomic E-state index is -0.372. The Bertz CT molecular complexity index is 1300. The predicted octanol–water partition coefficient (Wildman–Crippen LogP) is 3.25. The molecule has 1 aliphatic carbocycles. The molecule has 0 unspecified atom stereocenters. The SMILES string of the molecule is Cc1ccccc1-n1ncc(NC(=O)C2CCC(n3c(=O)oc4cnccc43)CC2)n1. The Hall–Kier alpha value is -3.75. The third kappa shape index (κ3) is 3.63. The summed E-state index contributed by atoms with van der Waals surface area (Å²) < 4.78 is 6.99. The number of carbonyl (C=O) groups excluding carboxylic acids is 1. The molecular weight excluding hydrogens is 396 g/mol. The number of nitrogens with one attached hydrogen (secondary N) is 1.